The molecule has 0 bridgehead atoms. The van der Waals surface area contributed by atoms with Gasteiger partial charge in [0.05, 0.1) is 12.7 Å². The van der Waals surface area contributed by atoms with Gasteiger partial charge < -0.3 is 9.84 Å². The fourth-order valence-corrected chi connectivity index (χ4v) is 2.35. The fraction of sp³-hybridized carbons (Fsp3) is 0.571. The molecule has 2 nitrogen and oxygen atoms in total. The summed E-state index contributed by atoms with van der Waals surface area (Å²) in [4.78, 5) is 0. The summed E-state index contributed by atoms with van der Waals surface area (Å²) in [5.74, 6) is 0.825. The van der Waals surface area contributed by atoms with Crippen LogP contribution in [0.5, 0.6) is 5.75 Å². The standard InChI is InChI=1S/C14H21BrO2/c1-5-17-10-6-7-11(12(15)8-10)13(16)9-14(2,3)4/h6-8,13,16H,5,9H2,1-4H3. The van der Waals surface area contributed by atoms with E-state index in [2.05, 4.69) is 36.7 Å². The number of aliphatic hydroxyl groups excluding tert-OH is 1. The summed E-state index contributed by atoms with van der Waals surface area (Å²) in [5, 5.41) is 10.2. The SMILES string of the molecule is CCOc1ccc(C(O)CC(C)(C)C)c(Br)c1. The first kappa shape index (κ1) is 14.5. The molecule has 0 radical (unpaired) electrons. The minimum atomic E-state index is -0.444. The number of aliphatic hydroxyl groups is 1. The van der Waals surface area contributed by atoms with Crippen molar-refractivity contribution >= 4 is 15.9 Å². The predicted octanol–water partition coefficient (Wildman–Crippen LogP) is 4.32. The molecule has 0 aromatic heterocycles. The van der Waals surface area contributed by atoms with E-state index >= 15 is 0 Å². The highest BCUT2D eigenvalue weighted by Crippen LogP contribution is 2.34. The summed E-state index contributed by atoms with van der Waals surface area (Å²) >= 11 is 3.49. The van der Waals surface area contributed by atoms with E-state index in [1.54, 1.807) is 0 Å². The van der Waals surface area contributed by atoms with E-state index in [0.717, 1.165) is 22.2 Å². The van der Waals surface area contributed by atoms with Crippen molar-refractivity contribution in [2.75, 3.05) is 6.61 Å². The number of benzene rings is 1. The molecular weight excluding hydrogens is 280 g/mol. The third kappa shape index (κ3) is 4.68. The lowest BCUT2D eigenvalue weighted by Crippen LogP contribution is -2.12. The molecular formula is C14H21BrO2. The van der Waals surface area contributed by atoms with Gasteiger partial charge in [0.1, 0.15) is 5.75 Å². The van der Waals surface area contributed by atoms with Gasteiger partial charge in [-0.1, -0.05) is 42.8 Å². The lowest BCUT2D eigenvalue weighted by Gasteiger charge is -2.23. The third-order valence-corrected chi connectivity index (χ3v) is 3.13. The highest BCUT2D eigenvalue weighted by atomic mass is 79.9. The molecule has 0 fully saturated rings. The van der Waals surface area contributed by atoms with Gasteiger partial charge >= 0.3 is 0 Å². The molecule has 0 spiro atoms. The van der Waals surface area contributed by atoms with Gasteiger partial charge in [0, 0.05) is 4.47 Å². The maximum absolute atomic E-state index is 10.2. The minimum absolute atomic E-state index is 0.109. The van der Waals surface area contributed by atoms with E-state index < -0.39 is 6.10 Å². The molecule has 0 heterocycles. The second kappa shape index (κ2) is 5.87. The van der Waals surface area contributed by atoms with Crippen LogP contribution >= 0.6 is 15.9 Å². The average Bonchev–Trinajstić information content (AvgIpc) is 2.15. The van der Waals surface area contributed by atoms with Crippen molar-refractivity contribution in [3.05, 3.63) is 28.2 Å². The Morgan fingerprint density at radius 2 is 2.00 bits per heavy atom. The van der Waals surface area contributed by atoms with Crippen LogP contribution in [-0.2, 0) is 0 Å². The van der Waals surface area contributed by atoms with E-state index in [-0.39, 0.29) is 5.41 Å². The van der Waals surface area contributed by atoms with Gasteiger partial charge in [0.2, 0.25) is 0 Å². The zero-order valence-corrected chi connectivity index (χ0v) is 12.5. The van der Waals surface area contributed by atoms with Gasteiger partial charge in [-0.3, -0.25) is 0 Å². The molecule has 3 heteroatoms. The van der Waals surface area contributed by atoms with Gasteiger partial charge in [-0.2, -0.15) is 0 Å². The highest BCUT2D eigenvalue weighted by Gasteiger charge is 2.20. The monoisotopic (exact) mass is 300 g/mol. The largest absolute Gasteiger partial charge is 0.494 e. The van der Waals surface area contributed by atoms with E-state index in [0.29, 0.717) is 6.61 Å². The summed E-state index contributed by atoms with van der Waals surface area (Å²) < 4.78 is 6.31. The molecule has 1 N–H and O–H groups in total. The van der Waals surface area contributed by atoms with Gasteiger partial charge in [0.25, 0.3) is 0 Å². The Labute approximate surface area is 112 Å². The summed E-state index contributed by atoms with van der Waals surface area (Å²) in [7, 11) is 0. The highest BCUT2D eigenvalue weighted by molar-refractivity contribution is 9.10. The van der Waals surface area contributed by atoms with Crippen LogP contribution in [0.25, 0.3) is 0 Å². The van der Waals surface area contributed by atoms with Crippen LogP contribution in [0.3, 0.4) is 0 Å². The van der Waals surface area contributed by atoms with Crippen molar-refractivity contribution in [1.82, 2.24) is 0 Å². The maximum Gasteiger partial charge on any atom is 0.120 e. The first-order valence-corrected chi connectivity index (χ1v) is 6.73. The topological polar surface area (TPSA) is 29.5 Å². The van der Waals surface area contributed by atoms with Crippen molar-refractivity contribution in [1.29, 1.82) is 0 Å². The van der Waals surface area contributed by atoms with Crippen molar-refractivity contribution in [3.8, 4) is 5.75 Å². The molecule has 1 aromatic carbocycles. The maximum atomic E-state index is 10.2. The minimum Gasteiger partial charge on any atom is -0.494 e. The van der Waals surface area contributed by atoms with Gasteiger partial charge in [0.15, 0.2) is 0 Å². The average molecular weight is 301 g/mol. The molecule has 17 heavy (non-hydrogen) atoms. The molecule has 0 aliphatic heterocycles. The molecule has 1 aromatic rings. The Balaban J connectivity index is 2.84. The summed E-state index contributed by atoms with van der Waals surface area (Å²) in [6.45, 7) is 8.97. The van der Waals surface area contributed by atoms with E-state index in [9.17, 15) is 5.11 Å². The van der Waals surface area contributed by atoms with Crippen LogP contribution < -0.4 is 4.74 Å². The molecule has 96 valence electrons. The zero-order valence-electron chi connectivity index (χ0n) is 11.0. The number of hydrogen-bond donors (Lipinski definition) is 1. The van der Waals surface area contributed by atoms with Crippen LogP contribution in [0.15, 0.2) is 22.7 Å². The Morgan fingerprint density at radius 1 is 1.35 bits per heavy atom. The van der Waals surface area contributed by atoms with Crippen LogP contribution in [0, 0.1) is 5.41 Å². The summed E-state index contributed by atoms with van der Waals surface area (Å²) in [5.41, 5.74) is 1.03. The first-order valence-electron chi connectivity index (χ1n) is 5.94. The quantitative estimate of drug-likeness (QED) is 0.897. The molecule has 0 aliphatic carbocycles. The Bertz CT molecular complexity index is 369. The molecule has 1 rings (SSSR count). The molecule has 0 saturated heterocycles. The normalized spacial score (nSPS) is 13.5. The molecule has 1 atom stereocenters. The van der Waals surface area contributed by atoms with E-state index in [1.165, 1.54) is 0 Å². The van der Waals surface area contributed by atoms with Crippen LogP contribution in [0.1, 0.15) is 45.8 Å². The Hall–Kier alpha value is -0.540. The summed E-state index contributed by atoms with van der Waals surface area (Å²) in [6.07, 6.45) is 0.291. The second-order valence-corrected chi connectivity index (χ2v) is 6.25. The fourth-order valence-electron chi connectivity index (χ4n) is 1.72. The number of halogens is 1. The van der Waals surface area contributed by atoms with Gasteiger partial charge in [-0.25, -0.2) is 0 Å². The molecule has 0 aliphatic rings. The predicted molar refractivity (Wildman–Crippen MR) is 74.3 cm³/mol. The van der Waals surface area contributed by atoms with Crippen LogP contribution in [0.2, 0.25) is 0 Å². The van der Waals surface area contributed by atoms with E-state index in [4.69, 9.17) is 4.74 Å². The van der Waals surface area contributed by atoms with Crippen LogP contribution in [-0.4, -0.2) is 11.7 Å². The first-order chi connectivity index (χ1) is 7.83. The smallest absolute Gasteiger partial charge is 0.120 e. The van der Waals surface area contributed by atoms with Crippen molar-refractivity contribution in [2.24, 2.45) is 5.41 Å². The van der Waals surface area contributed by atoms with E-state index in [1.807, 2.05) is 25.1 Å². The number of ether oxygens (including phenoxy) is 1. The number of hydrogen-bond acceptors (Lipinski definition) is 2. The molecule has 0 amide bonds. The van der Waals surface area contributed by atoms with Gasteiger partial charge in [-0.05, 0) is 36.5 Å². The Morgan fingerprint density at radius 3 is 2.47 bits per heavy atom. The summed E-state index contributed by atoms with van der Waals surface area (Å²) in [6, 6.07) is 5.73. The lowest BCUT2D eigenvalue weighted by molar-refractivity contribution is 0.121. The van der Waals surface area contributed by atoms with Crippen molar-refractivity contribution in [2.45, 2.75) is 40.2 Å². The van der Waals surface area contributed by atoms with Crippen molar-refractivity contribution in [3.63, 3.8) is 0 Å². The van der Waals surface area contributed by atoms with Crippen LogP contribution in [0.4, 0.5) is 0 Å². The third-order valence-electron chi connectivity index (χ3n) is 2.45. The molecule has 1 unspecified atom stereocenters. The second-order valence-electron chi connectivity index (χ2n) is 5.40. The van der Waals surface area contributed by atoms with Gasteiger partial charge in [-0.15, -0.1) is 0 Å². The lowest BCUT2D eigenvalue weighted by atomic mass is 9.87. The molecule has 0 saturated carbocycles. The zero-order chi connectivity index (χ0) is 13.1. The van der Waals surface area contributed by atoms with Crippen molar-refractivity contribution < 1.29 is 9.84 Å². The Kier molecular flexibility index (Phi) is 5.02. The number of rotatable bonds is 4.